The van der Waals surface area contributed by atoms with Crippen molar-refractivity contribution in [1.82, 2.24) is 0 Å². The molecule has 9 fully saturated rings. The molecular weight excluding hydrogens is 1140 g/mol. The number of carbonyl (C=O) groups excluding carboxylic acids is 1. The summed E-state index contributed by atoms with van der Waals surface area (Å²) in [5, 5.41) is 177. The van der Waals surface area contributed by atoms with Crippen molar-refractivity contribution in [3.05, 3.63) is 11.6 Å². The highest BCUT2D eigenvalue weighted by Gasteiger charge is 2.73. The molecule has 16 N–H and O–H groups in total. The van der Waals surface area contributed by atoms with E-state index in [9.17, 15) is 86.5 Å². The Kier molecular flexibility index (Phi) is 18.6. The number of hydrogen-bond donors (Lipinski definition) is 16. The first kappa shape index (κ1) is 66.6. The van der Waals surface area contributed by atoms with Crippen molar-refractivity contribution in [3.8, 4) is 0 Å². The second-order valence-electron chi connectivity index (χ2n) is 28.4. The van der Waals surface area contributed by atoms with E-state index in [0.29, 0.717) is 38.5 Å². The molecule has 5 aliphatic heterocycles. The number of rotatable bonds is 12. The Bertz CT molecular complexity index is 2470. The molecule has 5 saturated heterocycles. The number of carboxylic acid groups (broad SMARTS) is 1. The Labute approximate surface area is 497 Å². The number of allylic oxidation sites excluding steroid dienone is 2. The van der Waals surface area contributed by atoms with Gasteiger partial charge in [0.2, 0.25) is 6.29 Å². The predicted molar refractivity (Wildman–Crippen MR) is 285 cm³/mol. The van der Waals surface area contributed by atoms with Crippen LogP contribution in [-0.2, 0) is 57.0 Å². The summed E-state index contributed by atoms with van der Waals surface area (Å²) < 4.78 is 58.7. The molecule has 0 aromatic rings. The van der Waals surface area contributed by atoms with Crippen molar-refractivity contribution in [2.75, 3.05) is 19.8 Å². The maximum atomic E-state index is 15.4. The maximum absolute atomic E-state index is 15.4. The summed E-state index contributed by atoms with van der Waals surface area (Å²) in [5.41, 5.74) is -4.15. The van der Waals surface area contributed by atoms with Crippen LogP contribution in [0.25, 0.3) is 0 Å². The zero-order valence-corrected chi connectivity index (χ0v) is 49.7. The van der Waals surface area contributed by atoms with Gasteiger partial charge < -0.3 is 129 Å². The van der Waals surface area contributed by atoms with Gasteiger partial charge in [-0.3, -0.25) is 4.79 Å². The summed E-state index contributed by atoms with van der Waals surface area (Å²) >= 11 is 0. The monoisotopic (exact) mass is 1240 g/mol. The molecule has 34 atom stereocenters. The molecule has 2 unspecified atom stereocenters. The Hall–Kier alpha value is -2.28. The fourth-order valence-corrected chi connectivity index (χ4v) is 17.7. The molecule has 0 radical (unpaired) electrons. The highest BCUT2D eigenvalue weighted by atomic mass is 16.8. The first-order valence-electron chi connectivity index (χ1n) is 30.2. The molecule has 10 rings (SSSR count). The number of esters is 1. The van der Waals surface area contributed by atoms with Crippen molar-refractivity contribution in [1.29, 1.82) is 0 Å². The van der Waals surface area contributed by atoms with E-state index in [1.165, 1.54) is 13.8 Å². The summed E-state index contributed by atoms with van der Waals surface area (Å²) in [5.74, 6) is -3.71. The van der Waals surface area contributed by atoms with Crippen LogP contribution in [0.5, 0.6) is 0 Å². The molecule has 86 heavy (non-hydrogen) atoms. The summed E-state index contributed by atoms with van der Waals surface area (Å²) in [4.78, 5) is 27.4. The largest absolute Gasteiger partial charge is 0.479 e. The van der Waals surface area contributed by atoms with Crippen molar-refractivity contribution >= 4 is 11.9 Å². The van der Waals surface area contributed by atoms with Crippen LogP contribution in [0.2, 0.25) is 0 Å². The van der Waals surface area contributed by atoms with Gasteiger partial charge in [0.05, 0.1) is 55.8 Å². The van der Waals surface area contributed by atoms with Gasteiger partial charge in [-0.15, -0.1) is 0 Å². The molecule has 492 valence electrons. The van der Waals surface area contributed by atoms with E-state index >= 15 is 4.79 Å². The molecule has 0 bridgehead atoms. The lowest BCUT2D eigenvalue weighted by Crippen LogP contribution is -2.72. The van der Waals surface area contributed by atoms with Gasteiger partial charge in [-0.25, -0.2) is 4.79 Å². The first-order chi connectivity index (χ1) is 40.1. The lowest BCUT2D eigenvalue weighted by atomic mass is 9.33. The van der Waals surface area contributed by atoms with E-state index in [4.69, 9.17) is 47.4 Å². The Morgan fingerprint density at radius 3 is 1.77 bits per heavy atom. The Morgan fingerprint density at radius 2 is 1.12 bits per heavy atom. The van der Waals surface area contributed by atoms with E-state index in [0.717, 1.165) is 5.57 Å². The molecule has 5 aliphatic carbocycles. The zero-order chi connectivity index (χ0) is 63.0. The zero-order valence-electron chi connectivity index (χ0n) is 49.7. The topological polar surface area (TPSA) is 450 Å². The SMILES string of the molecule is C[C@@H]1O[C@@H](O[C@@H]2[C@@H](O)[C@H](O[C@@H]3[C@@H](O)[C@@H](O)[C@H](O[C@H]4[C@H](OC(=O)[C@]56CCC(C)(C)C[C@H]5C5=CCC7[C@@]8(C)C[C@H](O)[C@H](O[C@@H]9O[C@H](C(=O)O)[C@@H](O)[C@H](O)[C@H]9O)[C@@](C)(CO)C8[C@H](O)C[C@@]7(C)[C@]5(C)CC6)OC[C@H](O)[C@@H]4O)O[C@H]3C)OC[C@H]2O)[C@H](O)[C@H](O)[C@H]1O. The lowest BCUT2D eigenvalue weighted by Gasteiger charge is -2.72. The summed E-state index contributed by atoms with van der Waals surface area (Å²) in [6.07, 6.45) is -37.5. The standard InChI is InChI=1S/C58H92O28/c1-21-30(64)32(66)36(70)48(79-21)82-41-28(63)19-77-47(39(41)73)81-40-22(2)80-49(38(72)35(40)69)84-43-31(65)27(62)18-78-51(43)86-52(76)58-13-11-53(3,4)15-24(58)23-9-10-29-54(5)16-26(61)45(85-50-37(71)33(67)34(68)42(83-50)46(74)75)55(6,20-59)44(54)25(60)17-57(29,8)56(23,7)12-14-58/h9,21-22,24-45,47-51,59-73H,10-20H2,1-8H3,(H,74,75)/t21-,22-,24-,25+,26-,27-,28+,29?,30-,31-,32+,33-,34-,35-,36+,37+,38+,39+,40-,41-,42-,43+,44?,45-,47-,48-,49-,50-,51-,54+,55-,56+,57+,58-/m0/s1. The van der Waals surface area contributed by atoms with Crippen molar-refractivity contribution < 1.29 is 139 Å². The minimum Gasteiger partial charge on any atom is -0.479 e. The van der Waals surface area contributed by atoms with E-state index in [-0.39, 0.29) is 24.2 Å². The fourth-order valence-electron chi connectivity index (χ4n) is 17.7. The van der Waals surface area contributed by atoms with Gasteiger partial charge in [-0.1, -0.05) is 53.2 Å². The molecule has 10 aliphatic rings. The second kappa shape index (κ2) is 24.0. The number of ether oxygens (including phenoxy) is 10. The third kappa shape index (κ3) is 10.8. The van der Waals surface area contributed by atoms with Gasteiger partial charge in [0.15, 0.2) is 37.4 Å². The third-order valence-corrected chi connectivity index (χ3v) is 22.6. The average molecular weight is 1240 g/mol. The molecule has 28 nitrogen and oxygen atoms in total. The van der Waals surface area contributed by atoms with Gasteiger partial charge in [0, 0.05) is 11.3 Å². The number of aliphatic hydroxyl groups is 15. The first-order valence-corrected chi connectivity index (χ1v) is 30.2. The third-order valence-electron chi connectivity index (χ3n) is 22.6. The van der Waals surface area contributed by atoms with Crippen LogP contribution in [0.15, 0.2) is 11.6 Å². The van der Waals surface area contributed by atoms with E-state index in [1.54, 1.807) is 6.92 Å². The van der Waals surface area contributed by atoms with E-state index in [1.807, 2.05) is 6.92 Å². The molecule has 0 spiro atoms. The van der Waals surface area contributed by atoms with Crippen molar-refractivity contribution in [3.63, 3.8) is 0 Å². The van der Waals surface area contributed by atoms with Crippen molar-refractivity contribution in [2.45, 2.75) is 266 Å². The maximum Gasteiger partial charge on any atom is 0.335 e. The van der Waals surface area contributed by atoms with Crippen LogP contribution in [0.4, 0.5) is 0 Å². The molecule has 0 aromatic heterocycles. The molecular formula is C58H92O28. The Balaban J connectivity index is 0.854. The molecule has 28 heteroatoms. The normalized spacial score (nSPS) is 55.6. The smallest absolute Gasteiger partial charge is 0.335 e. The fraction of sp³-hybridized carbons (Fsp3) is 0.931. The van der Waals surface area contributed by atoms with Crippen LogP contribution < -0.4 is 0 Å². The Morgan fingerprint density at radius 1 is 0.547 bits per heavy atom. The predicted octanol–water partition coefficient (Wildman–Crippen LogP) is -3.87. The van der Waals surface area contributed by atoms with E-state index in [2.05, 4.69) is 33.8 Å². The van der Waals surface area contributed by atoms with Crippen LogP contribution in [0, 0.1) is 50.2 Å². The minimum atomic E-state index is -1.99. The molecule has 4 saturated carbocycles. The van der Waals surface area contributed by atoms with Gasteiger partial charge in [0.25, 0.3) is 0 Å². The minimum absolute atomic E-state index is 0.0322. The lowest BCUT2D eigenvalue weighted by molar-refractivity contribution is -0.377. The highest BCUT2D eigenvalue weighted by molar-refractivity contribution is 5.79. The average Bonchev–Trinajstić information content (AvgIpc) is 0.673. The summed E-state index contributed by atoms with van der Waals surface area (Å²) in [7, 11) is 0. The van der Waals surface area contributed by atoms with Crippen LogP contribution >= 0.6 is 0 Å². The van der Waals surface area contributed by atoms with Gasteiger partial charge in [-0.05, 0) is 98.7 Å². The molecule has 0 aromatic carbocycles. The molecule has 0 amide bonds. The number of aliphatic carboxylic acids is 1. The quantitative estimate of drug-likeness (QED) is 0.0505. The number of carboxylic acids is 1. The van der Waals surface area contributed by atoms with Gasteiger partial charge >= 0.3 is 11.9 Å². The van der Waals surface area contributed by atoms with Gasteiger partial charge in [-0.2, -0.15) is 0 Å². The summed E-state index contributed by atoms with van der Waals surface area (Å²) in [6.45, 7) is 13.4. The van der Waals surface area contributed by atoms with Crippen LogP contribution in [-0.4, -0.2) is 273 Å². The number of carbonyl (C=O) groups is 2. The van der Waals surface area contributed by atoms with Crippen LogP contribution in [0.1, 0.15) is 107 Å². The number of hydrogen-bond acceptors (Lipinski definition) is 27. The summed E-state index contributed by atoms with van der Waals surface area (Å²) in [6, 6.07) is 0. The van der Waals surface area contributed by atoms with E-state index < -0.39 is 230 Å². The molecule has 5 heterocycles. The highest BCUT2D eigenvalue weighted by Crippen LogP contribution is 2.76. The van der Waals surface area contributed by atoms with Crippen molar-refractivity contribution in [2.24, 2.45) is 50.2 Å². The number of aliphatic hydroxyl groups excluding tert-OH is 15. The van der Waals surface area contributed by atoms with Crippen LogP contribution in [0.3, 0.4) is 0 Å². The second-order valence-corrected chi connectivity index (χ2v) is 28.4. The number of fused-ring (bicyclic) bond motifs is 7. The van der Waals surface area contributed by atoms with Gasteiger partial charge in [0.1, 0.15) is 85.5 Å².